The molecule has 0 aromatic heterocycles. The maximum absolute atomic E-state index is 12.1. The molecule has 5 heteroatoms. The van der Waals surface area contributed by atoms with Crippen molar-refractivity contribution in [1.29, 1.82) is 5.26 Å². The molecule has 0 N–H and O–H groups in total. The molecule has 1 aromatic rings. The van der Waals surface area contributed by atoms with Crippen LogP contribution in [0.1, 0.15) is 13.8 Å². The summed E-state index contributed by atoms with van der Waals surface area (Å²) >= 11 is 5.54. The van der Waals surface area contributed by atoms with Crippen LogP contribution in [-0.2, 0) is 9.59 Å². The van der Waals surface area contributed by atoms with Crippen molar-refractivity contribution in [2.75, 3.05) is 13.6 Å². The minimum absolute atomic E-state index is 0.0455. The van der Waals surface area contributed by atoms with Crippen molar-refractivity contribution in [3.05, 3.63) is 58.7 Å². The van der Waals surface area contributed by atoms with Crippen LogP contribution in [-0.4, -0.2) is 30.2 Å². The summed E-state index contributed by atoms with van der Waals surface area (Å²) < 4.78 is 0. The summed E-state index contributed by atoms with van der Waals surface area (Å²) in [6, 6.07) is 11.3. The van der Waals surface area contributed by atoms with Crippen molar-refractivity contribution >= 4 is 23.3 Å². The molecule has 1 aromatic carbocycles. The number of nitrogens with zero attached hydrogens (tertiary/aromatic N) is 2. The van der Waals surface area contributed by atoms with Gasteiger partial charge in [-0.3, -0.25) is 9.59 Å². The van der Waals surface area contributed by atoms with E-state index in [2.05, 4.69) is 0 Å². The number of carbonyl (C=O) groups is 2. The zero-order valence-corrected chi connectivity index (χ0v) is 14.7. The smallest absolute Gasteiger partial charge is 0.233 e. The number of fused-ring (bicyclic) bond motifs is 1. The fourth-order valence-corrected chi connectivity index (χ4v) is 2.99. The highest BCUT2D eigenvalue weighted by atomic mass is 35.5. The van der Waals surface area contributed by atoms with Crippen LogP contribution in [0.3, 0.4) is 0 Å². The highest BCUT2D eigenvalue weighted by Crippen LogP contribution is 2.42. The van der Waals surface area contributed by atoms with Gasteiger partial charge in [-0.2, -0.15) is 5.26 Å². The topological polar surface area (TPSA) is 61.2 Å². The first-order valence-corrected chi connectivity index (χ1v) is 7.99. The second-order valence-electron chi connectivity index (χ2n) is 6.30. The molecule has 0 saturated heterocycles. The van der Waals surface area contributed by atoms with Gasteiger partial charge in [0.15, 0.2) is 5.78 Å². The van der Waals surface area contributed by atoms with E-state index in [1.807, 2.05) is 42.5 Å². The molecule has 2 aliphatic rings. The van der Waals surface area contributed by atoms with E-state index in [0.717, 1.165) is 10.6 Å². The maximum Gasteiger partial charge on any atom is 0.233 e. The predicted octanol–water partition coefficient (Wildman–Crippen LogP) is 3.40. The van der Waals surface area contributed by atoms with Gasteiger partial charge in [0.25, 0.3) is 0 Å². The number of carbonyl (C=O) groups excluding carboxylic acids is 2. The molecule has 1 amide bonds. The van der Waals surface area contributed by atoms with Gasteiger partial charge in [-0.15, -0.1) is 0 Å². The minimum Gasteiger partial charge on any atom is -0.341 e. The molecule has 1 unspecified atom stereocenters. The molecule has 24 heavy (non-hydrogen) atoms. The third-order valence-corrected chi connectivity index (χ3v) is 4.54. The highest BCUT2D eigenvalue weighted by molar-refractivity contribution is 6.30. The van der Waals surface area contributed by atoms with E-state index in [9.17, 15) is 9.59 Å². The Balaban J connectivity index is 0.000000249. The number of likely N-dealkylation sites (N-methyl/N-ethyl adjacent to an activating group) is 1. The number of allylic oxidation sites excluding steroid dienone is 1. The average Bonchev–Trinajstić information content (AvgIpc) is 2.56. The van der Waals surface area contributed by atoms with Gasteiger partial charge in [0, 0.05) is 18.6 Å². The van der Waals surface area contributed by atoms with Gasteiger partial charge in [0.1, 0.15) is 6.07 Å². The van der Waals surface area contributed by atoms with Crippen LogP contribution >= 0.6 is 11.6 Å². The monoisotopic (exact) mass is 342 g/mol. The molecule has 1 atom stereocenters. The second-order valence-corrected chi connectivity index (χ2v) is 6.73. The molecule has 1 aliphatic carbocycles. The zero-order chi connectivity index (χ0) is 17.9. The first-order valence-electron chi connectivity index (χ1n) is 7.61. The lowest BCUT2D eigenvalue weighted by Crippen LogP contribution is -2.45. The molecular formula is C19H19ClN2O2. The molecule has 0 radical (unpaired) electrons. The molecule has 0 fully saturated rings. The van der Waals surface area contributed by atoms with Crippen LogP contribution in [0.5, 0.6) is 0 Å². The molecule has 0 saturated carbocycles. The van der Waals surface area contributed by atoms with Gasteiger partial charge in [-0.05, 0) is 37.6 Å². The number of hydrogen-bond acceptors (Lipinski definition) is 3. The Morgan fingerprint density at radius 2 is 1.88 bits per heavy atom. The van der Waals surface area contributed by atoms with Crippen molar-refractivity contribution in [2.24, 2.45) is 11.3 Å². The Morgan fingerprint density at radius 1 is 1.25 bits per heavy atom. The Labute approximate surface area is 147 Å². The molecule has 0 bridgehead atoms. The van der Waals surface area contributed by atoms with Gasteiger partial charge in [0.2, 0.25) is 5.91 Å². The number of Topliss-reactive ketones (excluding diaryl/α,β-unsaturated/α-hetero) is 1. The summed E-state index contributed by atoms with van der Waals surface area (Å²) in [5, 5.41) is 9.75. The fraction of sp³-hybridized carbons (Fsp3) is 0.316. The minimum atomic E-state index is -0.749. The van der Waals surface area contributed by atoms with Gasteiger partial charge < -0.3 is 4.90 Å². The first-order chi connectivity index (χ1) is 11.3. The lowest BCUT2D eigenvalue weighted by Gasteiger charge is -2.39. The standard InChI is InChI=1S/C13H14N2O2.C6H5Cl/c1-13(2)10-4-5-15(3)12(17)9(10)6-8(7-14)11(13)16;7-6-4-2-1-3-5-6/h4,6,9H,5H2,1-3H3;1-5H. The van der Waals surface area contributed by atoms with E-state index in [1.165, 1.54) is 6.08 Å². The first kappa shape index (κ1) is 18.0. The summed E-state index contributed by atoms with van der Waals surface area (Å²) in [4.78, 5) is 25.7. The molecule has 3 rings (SSSR count). The van der Waals surface area contributed by atoms with E-state index in [1.54, 1.807) is 25.8 Å². The predicted molar refractivity (Wildman–Crippen MR) is 93.1 cm³/mol. The lowest BCUT2D eigenvalue weighted by molar-refractivity contribution is -0.133. The Kier molecular flexibility index (Phi) is 5.26. The third-order valence-electron chi connectivity index (χ3n) is 4.28. The quantitative estimate of drug-likeness (QED) is 0.679. The molecule has 1 heterocycles. The van der Waals surface area contributed by atoms with E-state index in [-0.39, 0.29) is 17.3 Å². The fourth-order valence-electron chi connectivity index (χ4n) is 2.84. The van der Waals surface area contributed by atoms with Crippen molar-refractivity contribution < 1.29 is 9.59 Å². The van der Waals surface area contributed by atoms with Gasteiger partial charge in [-0.25, -0.2) is 0 Å². The molecule has 124 valence electrons. The van der Waals surface area contributed by atoms with Crippen LogP contribution in [0.15, 0.2) is 53.6 Å². The Hall–Kier alpha value is -2.38. The maximum atomic E-state index is 12.1. The molecule has 1 aliphatic heterocycles. The lowest BCUT2D eigenvalue weighted by atomic mass is 9.66. The van der Waals surface area contributed by atoms with Gasteiger partial charge in [0.05, 0.1) is 16.9 Å². The normalized spacial score (nSPS) is 21.6. The highest BCUT2D eigenvalue weighted by Gasteiger charge is 2.45. The second kappa shape index (κ2) is 7.02. The number of nitriles is 1. The number of halogens is 1. The summed E-state index contributed by atoms with van der Waals surface area (Å²) in [5.41, 5.74) is 0.173. The van der Waals surface area contributed by atoms with Crippen molar-refractivity contribution in [3.8, 4) is 6.07 Å². The zero-order valence-electron chi connectivity index (χ0n) is 13.9. The SMILES string of the molecule is CN1CC=C2C(C=C(C#N)C(=O)C2(C)C)C1=O.Clc1ccccc1. The van der Waals surface area contributed by atoms with Crippen LogP contribution in [0, 0.1) is 22.7 Å². The summed E-state index contributed by atoms with van der Waals surface area (Å²) in [6.07, 6.45) is 3.42. The van der Waals surface area contributed by atoms with E-state index < -0.39 is 11.3 Å². The van der Waals surface area contributed by atoms with Crippen LogP contribution < -0.4 is 0 Å². The van der Waals surface area contributed by atoms with Crippen molar-refractivity contribution in [1.82, 2.24) is 4.90 Å². The Morgan fingerprint density at radius 3 is 2.38 bits per heavy atom. The van der Waals surface area contributed by atoms with Crippen LogP contribution in [0.25, 0.3) is 0 Å². The molecule has 4 nitrogen and oxygen atoms in total. The number of ketones is 1. The largest absolute Gasteiger partial charge is 0.341 e. The van der Waals surface area contributed by atoms with Crippen molar-refractivity contribution in [2.45, 2.75) is 13.8 Å². The summed E-state index contributed by atoms with van der Waals surface area (Å²) in [7, 11) is 1.72. The number of rotatable bonds is 0. The van der Waals surface area contributed by atoms with Gasteiger partial charge in [-0.1, -0.05) is 35.9 Å². The number of benzene rings is 1. The molecular weight excluding hydrogens is 324 g/mol. The van der Waals surface area contributed by atoms with E-state index in [0.29, 0.717) is 6.54 Å². The van der Waals surface area contributed by atoms with Crippen LogP contribution in [0.2, 0.25) is 5.02 Å². The van der Waals surface area contributed by atoms with Crippen molar-refractivity contribution in [3.63, 3.8) is 0 Å². The van der Waals surface area contributed by atoms with E-state index >= 15 is 0 Å². The van der Waals surface area contributed by atoms with Crippen LogP contribution in [0.4, 0.5) is 0 Å². The Bertz CT molecular complexity index is 757. The summed E-state index contributed by atoms with van der Waals surface area (Å²) in [6.45, 7) is 4.07. The molecule has 0 spiro atoms. The van der Waals surface area contributed by atoms with E-state index in [4.69, 9.17) is 16.9 Å². The number of hydrogen-bond donors (Lipinski definition) is 0. The van der Waals surface area contributed by atoms with Gasteiger partial charge >= 0.3 is 0 Å². The third kappa shape index (κ3) is 3.42. The number of amides is 1. The summed E-state index contributed by atoms with van der Waals surface area (Å²) in [5.74, 6) is -0.688. The average molecular weight is 343 g/mol.